The normalized spacial score (nSPS) is 15.1. The van der Waals surface area contributed by atoms with Gasteiger partial charge in [-0.05, 0) is 37.1 Å². The second-order valence-corrected chi connectivity index (χ2v) is 7.74. The summed E-state index contributed by atoms with van der Waals surface area (Å²) in [7, 11) is 0. The molecule has 2 aromatic heterocycles. The summed E-state index contributed by atoms with van der Waals surface area (Å²) in [5, 5.41) is 19.1. The van der Waals surface area contributed by atoms with E-state index in [1.807, 2.05) is 54.2 Å². The Labute approximate surface area is 155 Å². The minimum Gasteiger partial charge on any atom is -0.254 e. The van der Waals surface area contributed by atoms with Crippen molar-refractivity contribution in [3.8, 4) is 11.6 Å². The van der Waals surface area contributed by atoms with E-state index >= 15 is 0 Å². The van der Waals surface area contributed by atoms with Crippen molar-refractivity contribution in [2.75, 3.05) is 0 Å². The monoisotopic (exact) mass is 362 g/mol. The first-order chi connectivity index (χ1) is 12.9. The smallest absolute Gasteiger partial charge is 0.254 e. The Kier molecular flexibility index (Phi) is 3.93. The van der Waals surface area contributed by atoms with Crippen LogP contribution in [-0.2, 0) is 0 Å². The number of thioether (sulfide) groups is 1. The van der Waals surface area contributed by atoms with Gasteiger partial charge in [0.2, 0.25) is 0 Å². The van der Waals surface area contributed by atoms with Gasteiger partial charge in [0.05, 0.1) is 11.2 Å². The van der Waals surface area contributed by atoms with Crippen molar-refractivity contribution in [3.63, 3.8) is 0 Å². The number of nitrogens with zero attached hydrogens (tertiary/aromatic N) is 6. The molecule has 0 spiro atoms. The average molecular weight is 362 g/mol. The highest BCUT2D eigenvalue weighted by atomic mass is 32.2. The molecule has 7 heteroatoms. The zero-order chi connectivity index (χ0) is 17.3. The number of para-hydroxylation sites is 2. The SMILES string of the molecule is c1ccc(-n2c(SC3CCCC3)nnc2-n2nnc3ccccc32)cc1. The van der Waals surface area contributed by atoms with E-state index in [2.05, 4.69) is 37.2 Å². The summed E-state index contributed by atoms with van der Waals surface area (Å²) in [6, 6.07) is 18.1. The Morgan fingerprint density at radius 1 is 0.846 bits per heavy atom. The van der Waals surface area contributed by atoms with E-state index in [-0.39, 0.29) is 0 Å². The summed E-state index contributed by atoms with van der Waals surface area (Å²) in [6.45, 7) is 0. The maximum atomic E-state index is 4.51. The van der Waals surface area contributed by atoms with E-state index in [1.165, 1.54) is 25.7 Å². The molecule has 0 N–H and O–H groups in total. The number of benzene rings is 2. The predicted molar refractivity (Wildman–Crippen MR) is 102 cm³/mol. The minimum atomic E-state index is 0.613. The number of rotatable bonds is 4. The second kappa shape index (κ2) is 6.57. The van der Waals surface area contributed by atoms with Crippen LogP contribution in [0.3, 0.4) is 0 Å². The first-order valence-electron chi connectivity index (χ1n) is 8.88. The average Bonchev–Trinajstić information content (AvgIpc) is 3.42. The van der Waals surface area contributed by atoms with E-state index in [9.17, 15) is 0 Å². The van der Waals surface area contributed by atoms with Crippen LogP contribution in [0.4, 0.5) is 0 Å². The molecule has 130 valence electrons. The highest BCUT2D eigenvalue weighted by molar-refractivity contribution is 7.99. The van der Waals surface area contributed by atoms with Gasteiger partial charge in [0.25, 0.3) is 5.95 Å². The maximum absolute atomic E-state index is 4.51. The number of hydrogen-bond acceptors (Lipinski definition) is 5. The fraction of sp³-hybridized carbons (Fsp3) is 0.263. The lowest BCUT2D eigenvalue weighted by Crippen LogP contribution is -2.08. The van der Waals surface area contributed by atoms with Crippen LogP contribution in [0.1, 0.15) is 25.7 Å². The van der Waals surface area contributed by atoms with Crippen LogP contribution in [0.2, 0.25) is 0 Å². The van der Waals surface area contributed by atoms with E-state index in [1.54, 1.807) is 4.68 Å². The van der Waals surface area contributed by atoms with Crippen molar-refractivity contribution in [1.29, 1.82) is 0 Å². The quantitative estimate of drug-likeness (QED) is 0.548. The highest BCUT2D eigenvalue weighted by Gasteiger charge is 2.23. The van der Waals surface area contributed by atoms with Crippen molar-refractivity contribution < 1.29 is 0 Å². The Bertz CT molecular complexity index is 1030. The van der Waals surface area contributed by atoms with Gasteiger partial charge < -0.3 is 0 Å². The maximum Gasteiger partial charge on any atom is 0.259 e. The van der Waals surface area contributed by atoms with E-state index in [0.29, 0.717) is 11.2 Å². The van der Waals surface area contributed by atoms with Crippen LogP contribution in [-0.4, -0.2) is 35.0 Å². The van der Waals surface area contributed by atoms with Gasteiger partial charge in [0.1, 0.15) is 5.52 Å². The molecule has 1 fully saturated rings. The topological polar surface area (TPSA) is 61.4 Å². The summed E-state index contributed by atoms with van der Waals surface area (Å²) in [4.78, 5) is 0. The first-order valence-corrected chi connectivity index (χ1v) is 9.76. The summed E-state index contributed by atoms with van der Waals surface area (Å²) >= 11 is 1.82. The molecule has 0 atom stereocenters. The molecule has 1 saturated carbocycles. The lowest BCUT2D eigenvalue weighted by atomic mass is 10.3. The molecule has 0 radical (unpaired) electrons. The van der Waals surface area contributed by atoms with Crippen LogP contribution in [0.5, 0.6) is 0 Å². The van der Waals surface area contributed by atoms with Crippen molar-refractivity contribution in [1.82, 2.24) is 29.8 Å². The van der Waals surface area contributed by atoms with Gasteiger partial charge in [0, 0.05) is 5.25 Å². The van der Waals surface area contributed by atoms with E-state index in [4.69, 9.17) is 0 Å². The third-order valence-corrected chi connectivity index (χ3v) is 6.03. The molecule has 2 heterocycles. The summed E-state index contributed by atoms with van der Waals surface area (Å²) < 4.78 is 3.86. The van der Waals surface area contributed by atoms with Gasteiger partial charge in [-0.3, -0.25) is 4.57 Å². The zero-order valence-electron chi connectivity index (χ0n) is 14.2. The van der Waals surface area contributed by atoms with E-state index in [0.717, 1.165) is 21.9 Å². The molecule has 1 aliphatic carbocycles. The fourth-order valence-corrected chi connectivity index (χ4v) is 4.70. The zero-order valence-corrected chi connectivity index (χ0v) is 15.0. The van der Waals surface area contributed by atoms with Crippen molar-refractivity contribution in [2.24, 2.45) is 0 Å². The summed E-state index contributed by atoms with van der Waals surface area (Å²) in [5.41, 5.74) is 2.81. The molecular weight excluding hydrogens is 344 g/mol. The van der Waals surface area contributed by atoms with Gasteiger partial charge in [-0.25, -0.2) is 0 Å². The molecule has 5 rings (SSSR count). The van der Waals surface area contributed by atoms with Gasteiger partial charge >= 0.3 is 0 Å². The van der Waals surface area contributed by atoms with Crippen LogP contribution < -0.4 is 0 Å². The number of hydrogen-bond donors (Lipinski definition) is 0. The number of fused-ring (bicyclic) bond motifs is 1. The standard InChI is InChI=1S/C19H18N6S/c1-2-8-14(9-3-1)24-18(21-22-19(24)26-15-10-4-5-11-15)25-17-13-7-6-12-16(17)20-23-25/h1-3,6-9,12-13,15H,4-5,10-11H2. The number of aromatic nitrogens is 6. The Morgan fingerprint density at radius 3 is 2.46 bits per heavy atom. The molecule has 0 unspecified atom stereocenters. The molecule has 2 aromatic carbocycles. The molecule has 0 aliphatic heterocycles. The molecule has 0 saturated heterocycles. The second-order valence-electron chi connectivity index (χ2n) is 6.47. The minimum absolute atomic E-state index is 0.613. The fourth-order valence-electron chi connectivity index (χ4n) is 3.45. The van der Waals surface area contributed by atoms with Crippen LogP contribution in [0.25, 0.3) is 22.7 Å². The molecule has 4 aromatic rings. The Balaban J connectivity index is 1.66. The molecule has 0 amide bonds. The van der Waals surface area contributed by atoms with E-state index < -0.39 is 0 Å². The van der Waals surface area contributed by atoms with Gasteiger partial charge in [-0.1, -0.05) is 60.1 Å². The third-order valence-electron chi connectivity index (χ3n) is 4.75. The third kappa shape index (κ3) is 2.68. The lowest BCUT2D eigenvalue weighted by molar-refractivity contribution is 0.745. The van der Waals surface area contributed by atoms with Crippen molar-refractivity contribution in [3.05, 3.63) is 54.6 Å². The van der Waals surface area contributed by atoms with Crippen LogP contribution >= 0.6 is 11.8 Å². The molecule has 0 bridgehead atoms. The summed E-state index contributed by atoms with van der Waals surface area (Å²) in [6.07, 6.45) is 5.09. The Hall–Kier alpha value is -2.67. The predicted octanol–water partition coefficient (Wildman–Crippen LogP) is 4.04. The molecule has 26 heavy (non-hydrogen) atoms. The lowest BCUT2D eigenvalue weighted by Gasteiger charge is -2.12. The molecular formula is C19H18N6S. The van der Waals surface area contributed by atoms with Crippen molar-refractivity contribution >= 4 is 22.8 Å². The van der Waals surface area contributed by atoms with Crippen molar-refractivity contribution in [2.45, 2.75) is 36.1 Å². The van der Waals surface area contributed by atoms with Gasteiger partial charge in [-0.15, -0.1) is 15.3 Å². The van der Waals surface area contributed by atoms with Gasteiger partial charge in [0.15, 0.2) is 5.16 Å². The first kappa shape index (κ1) is 15.6. The van der Waals surface area contributed by atoms with Gasteiger partial charge in [-0.2, -0.15) is 4.68 Å². The highest BCUT2D eigenvalue weighted by Crippen LogP contribution is 2.35. The summed E-state index contributed by atoms with van der Waals surface area (Å²) in [5.74, 6) is 0.672. The van der Waals surface area contributed by atoms with Crippen LogP contribution in [0.15, 0.2) is 59.8 Å². The molecule has 6 nitrogen and oxygen atoms in total. The largest absolute Gasteiger partial charge is 0.259 e. The van der Waals surface area contributed by atoms with Crippen LogP contribution in [0, 0.1) is 0 Å². The Morgan fingerprint density at radius 2 is 1.62 bits per heavy atom. The molecule has 1 aliphatic rings.